The Kier molecular flexibility index (Phi) is 3.82. The molecule has 0 saturated carbocycles. The predicted octanol–water partition coefficient (Wildman–Crippen LogP) is 2.18. The summed E-state index contributed by atoms with van der Waals surface area (Å²) in [6, 6.07) is 1.73. The lowest BCUT2D eigenvalue weighted by atomic mass is 10.0. The molecular weight excluding hydrogens is 262 g/mol. The number of hydrogen-bond acceptors (Lipinski definition) is 2. The Balaban J connectivity index is 2.21. The fourth-order valence-corrected chi connectivity index (χ4v) is 2.11. The fourth-order valence-electron chi connectivity index (χ4n) is 1.96. The van der Waals surface area contributed by atoms with Crippen LogP contribution in [-0.4, -0.2) is 29.9 Å². The first-order valence-electron chi connectivity index (χ1n) is 5.68. The third kappa shape index (κ3) is 2.62. The van der Waals surface area contributed by atoms with Crippen molar-refractivity contribution in [2.24, 2.45) is 5.73 Å². The minimum Gasteiger partial charge on any atom is -0.338 e. The van der Waals surface area contributed by atoms with Gasteiger partial charge in [0.25, 0.3) is 5.91 Å². The molecule has 1 aromatic carbocycles. The highest BCUT2D eigenvalue weighted by Crippen LogP contribution is 2.21. The van der Waals surface area contributed by atoms with Crippen LogP contribution in [0.15, 0.2) is 12.1 Å². The zero-order chi connectivity index (χ0) is 13.3. The van der Waals surface area contributed by atoms with E-state index < -0.39 is 17.5 Å². The summed E-state index contributed by atoms with van der Waals surface area (Å²) in [6.07, 6.45) is 1.34. The standard InChI is InChI=1S/C12H13ClF2N2O/c13-9-6-10(14)8(5-11(9)15)12(18)17-3-1-7(16)2-4-17/h5-7H,1-4,16H2. The van der Waals surface area contributed by atoms with Crippen molar-refractivity contribution in [1.82, 2.24) is 4.90 Å². The monoisotopic (exact) mass is 274 g/mol. The van der Waals surface area contributed by atoms with E-state index in [4.69, 9.17) is 17.3 Å². The molecule has 0 atom stereocenters. The molecule has 2 N–H and O–H groups in total. The molecule has 18 heavy (non-hydrogen) atoms. The number of carbonyl (C=O) groups is 1. The highest BCUT2D eigenvalue weighted by atomic mass is 35.5. The zero-order valence-corrected chi connectivity index (χ0v) is 10.4. The van der Waals surface area contributed by atoms with Crippen molar-refractivity contribution in [3.05, 3.63) is 34.4 Å². The largest absolute Gasteiger partial charge is 0.338 e. The Morgan fingerprint density at radius 1 is 1.28 bits per heavy atom. The van der Waals surface area contributed by atoms with Crippen LogP contribution in [0, 0.1) is 11.6 Å². The molecule has 0 aliphatic carbocycles. The van der Waals surface area contributed by atoms with Crippen LogP contribution in [0.2, 0.25) is 5.02 Å². The number of amides is 1. The third-order valence-electron chi connectivity index (χ3n) is 3.07. The van der Waals surface area contributed by atoms with E-state index in [1.807, 2.05) is 0 Å². The summed E-state index contributed by atoms with van der Waals surface area (Å²) in [5, 5.41) is -0.329. The summed E-state index contributed by atoms with van der Waals surface area (Å²) in [5.74, 6) is -2.12. The van der Waals surface area contributed by atoms with Gasteiger partial charge in [-0.05, 0) is 25.0 Å². The molecule has 0 aromatic heterocycles. The molecule has 1 aromatic rings. The van der Waals surface area contributed by atoms with Crippen molar-refractivity contribution in [2.75, 3.05) is 13.1 Å². The average molecular weight is 275 g/mol. The van der Waals surface area contributed by atoms with E-state index in [9.17, 15) is 13.6 Å². The molecule has 1 aliphatic rings. The highest BCUT2D eigenvalue weighted by Gasteiger charge is 2.24. The van der Waals surface area contributed by atoms with Gasteiger partial charge in [0.1, 0.15) is 11.6 Å². The smallest absolute Gasteiger partial charge is 0.256 e. The maximum absolute atomic E-state index is 13.6. The maximum Gasteiger partial charge on any atom is 0.256 e. The van der Waals surface area contributed by atoms with Crippen molar-refractivity contribution >= 4 is 17.5 Å². The Morgan fingerprint density at radius 2 is 1.89 bits per heavy atom. The number of piperidine rings is 1. The predicted molar refractivity (Wildman–Crippen MR) is 64.5 cm³/mol. The van der Waals surface area contributed by atoms with Crippen LogP contribution >= 0.6 is 11.6 Å². The molecule has 1 amide bonds. The molecule has 6 heteroatoms. The molecule has 1 heterocycles. The van der Waals surface area contributed by atoms with Gasteiger partial charge in [0.05, 0.1) is 10.6 Å². The molecular formula is C12H13ClF2N2O. The van der Waals surface area contributed by atoms with Crippen LogP contribution in [0.5, 0.6) is 0 Å². The summed E-state index contributed by atoms with van der Waals surface area (Å²) in [6.45, 7) is 0.924. The van der Waals surface area contributed by atoms with E-state index in [1.165, 1.54) is 4.90 Å². The van der Waals surface area contributed by atoms with Crippen LogP contribution < -0.4 is 5.73 Å². The quantitative estimate of drug-likeness (QED) is 0.798. The van der Waals surface area contributed by atoms with Gasteiger partial charge < -0.3 is 10.6 Å². The minimum absolute atomic E-state index is 0.0702. The fraction of sp³-hybridized carbons (Fsp3) is 0.417. The SMILES string of the molecule is NC1CCN(C(=O)c2cc(F)c(Cl)cc2F)CC1. The molecule has 0 unspecified atom stereocenters. The van der Waals surface area contributed by atoms with Crippen molar-refractivity contribution in [1.29, 1.82) is 0 Å². The first kappa shape index (κ1) is 13.2. The van der Waals surface area contributed by atoms with Gasteiger partial charge in [0.15, 0.2) is 0 Å². The van der Waals surface area contributed by atoms with Gasteiger partial charge in [-0.2, -0.15) is 0 Å². The van der Waals surface area contributed by atoms with Crippen molar-refractivity contribution in [2.45, 2.75) is 18.9 Å². The van der Waals surface area contributed by atoms with Gasteiger partial charge in [-0.3, -0.25) is 4.79 Å². The summed E-state index contributed by atoms with van der Waals surface area (Å²) in [7, 11) is 0. The summed E-state index contributed by atoms with van der Waals surface area (Å²) < 4.78 is 26.8. The van der Waals surface area contributed by atoms with E-state index >= 15 is 0 Å². The zero-order valence-electron chi connectivity index (χ0n) is 9.63. The van der Waals surface area contributed by atoms with E-state index in [0.717, 1.165) is 12.1 Å². The Labute approximate surface area is 109 Å². The first-order chi connectivity index (χ1) is 8.49. The number of hydrogen-bond donors (Lipinski definition) is 1. The molecule has 1 aliphatic heterocycles. The van der Waals surface area contributed by atoms with E-state index in [1.54, 1.807) is 0 Å². The van der Waals surface area contributed by atoms with Gasteiger partial charge in [-0.25, -0.2) is 8.78 Å². The number of benzene rings is 1. The van der Waals surface area contributed by atoms with Crippen molar-refractivity contribution in [3.8, 4) is 0 Å². The average Bonchev–Trinajstić information content (AvgIpc) is 2.34. The van der Waals surface area contributed by atoms with E-state index in [0.29, 0.717) is 25.9 Å². The molecule has 1 fully saturated rings. The van der Waals surface area contributed by atoms with Crippen LogP contribution in [0.25, 0.3) is 0 Å². The van der Waals surface area contributed by atoms with Gasteiger partial charge in [0.2, 0.25) is 0 Å². The van der Waals surface area contributed by atoms with Gasteiger partial charge in [0, 0.05) is 19.1 Å². The summed E-state index contributed by atoms with van der Waals surface area (Å²) >= 11 is 5.44. The van der Waals surface area contributed by atoms with Crippen LogP contribution in [0.1, 0.15) is 23.2 Å². The maximum atomic E-state index is 13.6. The summed E-state index contributed by atoms with van der Waals surface area (Å²) in [4.78, 5) is 13.5. The van der Waals surface area contributed by atoms with Crippen molar-refractivity contribution < 1.29 is 13.6 Å². The number of halogens is 3. The number of likely N-dealkylation sites (tertiary alicyclic amines) is 1. The lowest BCUT2D eigenvalue weighted by Gasteiger charge is -2.30. The first-order valence-corrected chi connectivity index (χ1v) is 6.06. The van der Waals surface area contributed by atoms with Crippen LogP contribution in [-0.2, 0) is 0 Å². The lowest BCUT2D eigenvalue weighted by molar-refractivity contribution is 0.0709. The number of carbonyl (C=O) groups excluding carboxylic acids is 1. The van der Waals surface area contributed by atoms with Gasteiger partial charge >= 0.3 is 0 Å². The second kappa shape index (κ2) is 5.20. The highest BCUT2D eigenvalue weighted by molar-refractivity contribution is 6.30. The molecule has 2 rings (SSSR count). The second-order valence-electron chi connectivity index (χ2n) is 4.38. The molecule has 98 valence electrons. The van der Waals surface area contributed by atoms with E-state index in [-0.39, 0.29) is 16.6 Å². The number of nitrogens with two attached hydrogens (primary N) is 1. The lowest BCUT2D eigenvalue weighted by Crippen LogP contribution is -2.43. The number of rotatable bonds is 1. The number of nitrogens with zero attached hydrogens (tertiary/aromatic N) is 1. The van der Waals surface area contributed by atoms with Crippen LogP contribution in [0.4, 0.5) is 8.78 Å². The Hall–Kier alpha value is -1.20. The molecule has 0 radical (unpaired) electrons. The third-order valence-corrected chi connectivity index (χ3v) is 3.36. The molecule has 3 nitrogen and oxygen atoms in total. The minimum atomic E-state index is -0.804. The molecule has 0 spiro atoms. The van der Waals surface area contributed by atoms with Crippen molar-refractivity contribution in [3.63, 3.8) is 0 Å². The molecule has 0 bridgehead atoms. The van der Waals surface area contributed by atoms with E-state index in [2.05, 4.69) is 0 Å². The van der Waals surface area contributed by atoms with Crippen LogP contribution in [0.3, 0.4) is 0 Å². The Morgan fingerprint density at radius 3 is 2.50 bits per heavy atom. The summed E-state index contributed by atoms with van der Waals surface area (Å²) in [5.41, 5.74) is 5.44. The van der Waals surface area contributed by atoms with Gasteiger partial charge in [-0.1, -0.05) is 11.6 Å². The Bertz CT molecular complexity index is 473. The second-order valence-corrected chi connectivity index (χ2v) is 4.78. The normalized spacial score (nSPS) is 17.0. The van der Waals surface area contributed by atoms with Gasteiger partial charge in [-0.15, -0.1) is 0 Å². The molecule has 1 saturated heterocycles. The topological polar surface area (TPSA) is 46.3 Å².